The molecule has 0 spiro atoms. The van der Waals surface area contributed by atoms with Crippen molar-refractivity contribution >= 4 is 29.2 Å². The number of piperazine rings is 1. The molecular weight excluding hydrogens is 609 g/mol. The lowest BCUT2D eigenvalue weighted by molar-refractivity contribution is -0.148. The molecule has 0 saturated carbocycles. The largest absolute Gasteiger partial charge is 0.468 e. The van der Waals surface area contributed by atoms with Gasteiger partial charge in [0, 0.05) is 50.2 Å². The molecule has 1 unspecified atom stereocenters. The molecule has 244 valence electrons. The summed E-state index contributed by atoms with van der Waals surface area (Å²) in [6.45, 7) is 2.39. The van der Waals surface area contributed by atoms with Gasteiger partial charge in [0.25, 0.3) is 5.91 Å². The predicted octanol–water partition coefficient (Wildman–Crippen LogP) is 6.12. The maximum atomic E-state index is 13.5. The number of hydrogen-bond acceptors (Lipinski definition) is 6. The quantitative estimate of drug-likeness (QED) is 0.221. The Hall–Kier alpha value is -5.16. The van der Waals surface area contributed by atoms with Crippen LogP contribution in [-0.4, -0.2) is 74.5 Å². The zero-order valence-electron chi connectivity index (χ0n) is 26.0. The first kappa shape index (κ1) is 33.2. The molecule has 11 heteroatoms. The molecule has 47 heavy (non-hydrogen) atoms. The topological polar surface area (TPSA) is 82.2 Å². The SMILES string of the molecule is COC(=O)CN(C)C(=O)C(c1ccccc1)N1CCN(c2ccc(NC(=O)c3ccccc3-c3ccc(C(F)(F)F)cc3)cc2)CC1. The van der Waals surface area contributed by atoms with Gasteiger partial charge in [0.2, 0.25) is 5.91 Å². The molecule has 2 amide bonds. The monoisotopic (exact) mass is 644 g/mol. The molecule has 4 aromatic rings. The Kier molecular flexibility index (Phi) is 10.3. The van der Waals surface area contributed by atoms with Gasteiger partial charge in [-0.25, -0.2) is 0 Å². The van der Waals surface area contributed by atoms with Gasteiger partial charge >= 0.3 is 12.1 Å². The first-order valence-corrected chi connectivity index (χ1v) is 15.1. The molecule has 0 radical (unpaired) electrons. The summed E-state index contributed by atoms with van der Waals surface area (Å²) in [6.07, 6.45) is -4.44. The summed E-state index contributed by atoms with van der Waals surface area (Å²) in [4.78, 5) is 44.3. The van der Waals surface area contributed by atoms with E-state index in [2.05, 4.69) is 15.1 Å². The number of carbonyl (C=O) groups is 3. The Morgan fingerprint density at radius 1 is 0.830 bits per heavy atom. The van der Waals surface area contributed by atoms with E-state index < -0.39 is 23.8 Å². The van der Waals surface area contributed by atoms with Crippen molar-refractivity contribution in [3.8, 4) is 11.1 Å². The number of alkyl halides is 3. The Bertz CT molecular complexity index is 1690. The summed E-state index contributed by atoms with van der Waals surface area (Å²) in [6, 6.07) is 27.9. The van der Waals surface area contributed by atoms with Gasteiger partial charge < -0.3 is 19.9 Å². The number of hydrogen-bond donors (Lipinski definition) is 1. The number of amides is 2. The maximum absolute atomic E-state index is 13.5. The number of carbonyl (C=O) groups excluding carboxylic acids is 3. The van der Waals surface area contributed by atoms with Crippen LogP contribution in [0, 0.1) is 0 Å². The number of halogens is 3. The summed E-state index contributed by atoms with van der Waals surface area (Å²) < 4.78 is 43.9. The number of nitrogens with one attached hydrogen (secondary N) is 1. The predicted molar refractivity (Wildman–Crippen MR) is 174 cm³/mol. The van der Waals surface area contributed by atoms with Crippen LogP contribution >= 0.6 is 0 Å². The van der Waals surface area contributed by atoms with Gasteiger partial charge in [0.05, 0.1) is 12.7 Å². The maximum Gasteiger partial charge on any atom is 0.416 e. The van der Waals surface area contributed by atoms with Crippen molar-refractivity contribution < 1.29 is 32.3 Å². The highest BCUT2D eigenvalue weighted by atomic mass is 19.4. The van der Waals surface area contributed by atoms with E-state index in [1.807, 2.05) is 42.5 Å². The molecule has 1 atom stereocenters. The van der Waals surface area contributed by atoms with E-state index >= 15 is 0 Å². The first-order chi connectivity index (χ1) is 22.5. The summed E-state index contributed by atoms with van der Waals surface area (Å²) in [5, 5.41) is 2.89. The van der Waals surface area contributed by atoms with Gasteiger partial charge in [-0.1, -0.05) is 60.7 Å². The third kappa shape index (κ3) is 7.98. The average Bonchev–Trinajstić information content (AvgIpc) is 3.09. The third-order valence-electron chi connectivity index (χ3n) is 8.18. The zero-order valence-corrected chi connectivity index (χ0v) is 26.0. The van der Waals surface area contributed by atoms with Crippen LogP contribution in [0.3, 0.4) is 0 Å². The molecule has 1 aliphatic heterocycles. The van der Waals surface area contributed by atoms with E-state index in [4.69, 9.17) is 4.74 Å². The highest BCUT2D eigenvalue weighted by Gasteiger charge is 2.33. The van der Waals surface area contributed by atoms with Crippen molar-refractivity contribution in [1.29, 1.82) is 0 Å². The smallest absolute Gasteiger partial charge is 0.416 e. The Balaban J connectivity index is 1.23. The van der Waals surface area contributed by atoms with Crippen molar-refractivity contribution in [1.82, 2.24) is 9.80 Å². The zero-order chi connectivity index (χ0) is 33.6. The molecule has 5 rings (SSSR count). The molecule has 0 bridgehead atoms. The second-order valence-corrected chi connectivity index (χ2v) is 11.2. The molecule has 1 N–H and O–H groups in total. The first-order valence-electron chi connectivity index (χ1n) is 15.1. The molecule has 1 heterocycles. The molecule has 1 saturated heterocycles. The molecule has 8 nitrogen and oxygen atoms in total. The van der Waals surface area contributed by atoms with E-state index in [9.17, 15) is 27.6 Å². The lowest BCUT2D eigenvalue weighted by Gasteiger charge is -2.40. The van der Waals surface area contributed by atoms with E-state index in [-0.39, 0.29) is 18.4 Å². The van der Waals surface area contributed by atoms with Gasteiger partial charge in [-0.15, -0.1) is 0 Å². The van der Waals surface area contributed by atoms with Crippen molar-refractivity contribution in [2.45, 2.75) is 12.2 Å². The fourth-order valence-corrected chi connectivity index (χ4v) is 5.65. The molecule has 0 aromatic heterocycles. The fourth-order valence-electron chi connectivity index (χ4n) is 5.65. The van der Waals surface area contributed by atoms with E-state index in [0.29, 0.717) is 48.6 Å². The van der Waals surface area contributed by atoms with E-state index in [1.165, 1.54) is 24.1 Å². The lowest BCUT2D eigenvalue weighted by Crippen LogP contribution is -2.51. The van der Waals surface area contributed by atoms with Gasteiger partial charge in [-0.2, -0.15) is 13.2 Å². The highest BCUT2D eigenvalue weighted by Crippen LogP contribution is 2.32. The van der Waals surface area contributed by atoms with Crippen molar-refractivity contribution in [2.75, 3.05) is 57.1 Å². The van der Waals surface area contributed by atoms with Crippen LogP contribution < -0.4 is 10.2 Å². The Morgan fingerprint density at radius 2 is 1.45 bits per heavy atom. The van der Waals surface area contributed by atoms with Crippen LogP contribution in [-0.2, 0) is 20.5 Å². The lowest BCUT2D eigenvalue weighted by atomic mass is 9.98. The number of likely N-dealkylation sites (N-methyl/N-ethyl adjacent to an activating group) is 1. The second-order valence-electron chi connectivity index (χ2n) is 11.2. The minimum atomic E-state index is -4.44. The summed E-state index contributed by atoms with van der Waals surface area (Å²) in [5.41, 5.74) is 3.00. The standard InChI is InChI=1S/C36H35F3N4O4/c1-41(24-32(44)47-2)35(46)33(26-8-4-3-5-9-26)43-22-20-42(21-23-43)29-18-16-28(17-19-29)40-34(45)31-11-7-6-10-30(31)25-12-14-27(15-13-25)36(37,38)39/h3-19,33H,20-24H2,1-2H3,(H,40,45). The van der Waals surface area contributed by atoms with Gasteiger partial charge in [-0.3, -0.25) is 19.3 Å². The van der Waals surface area contributed by atoms with Crippen molar-refractivity contribution in [3.05, 3.63) is 120 Å². The van der Waals surface area contributed by atoms with Crippen LogP contribution in [0.5, 0.6) is 0 Å². The highest BCUT2D eigenvalue weighted by molar-refractivity contribution is 6.08. The number of rotatable bonds is 9. The Morgan fingerprint density at radius 3 is 2.06 bits per heavy atom. The molecular formula is C36H35F3N4O4. The molecule has 4 aromatic carbocycles. The fraction of sp³-hybridized carbons (Fsp3) is 0.250. The number of esters is 1. The van der Waals surface area contributed by atoms with E-state index in [0.717, 1.165) is 23.4 Å². The molecule has 0 aliphatic carbocycles. The number of benzene rings is 4. The van der Waals surface area contributed by atoms with Crippen molar-refractivity contribution in [3.63, 3.8) is 0 Å². The number of nitrogens with zero attached hydrogens (tertiary/aromatic N) is 3. The summed E-state index contributed by atoms with van der Waals surface area (Å²) >= 11 is 0. The molecule has 1 aliphatic rings. The van der Waals surface area contributed by atoms with Crippen LogP contribution in [0.2, 0.25) is 0 Å². The minimum Gasteiger partial charge on any atom is -0.468 e. The van der Waals surface area contributed by atoms with E-state index in [1.54, 1.807) is 43.4 Å². The van der Waals surface area contributed by atoms with Gasteiger partial charge in [-0.05, 0) is 59.2 Å². The number of anilines is 2. The van der Waals surface area contributed by atoms with Crippen LogP contribution in [0.25, 0.3) is 11.1 Å². The number of ether oxygens (including phenoxy) is 1. The summed E-state index contributed by atoms with van der Waals surface area (Å²) in [7, 11) is 2.89. The van der Waals surface area contributed by atoms with Crippen molar-refractivity contribution in [2.24, 2.45) is 0 Å². The van der Waals surface area contributed by atoms with Gasteiger partial charge in [0.15, 0.2) is 0 Å². The Labute approximate surface area is 271 Å². The van der Waals surface area contributed by atoms with Gasteiger partial charge in [0.1, 0.15) is 12.6 Å². The normalized spacial score (nSPS) is 14.3. The average molecular weight is 645 g/mol. The minimum absolute atomic E-state index is 0.137. The number of methoxy groups -OCH3 is 1. The summed E-state index contributed by atoms with van der Waals surface area (Å²) in [5.74, 6) is -1.05. The third-order valence-corrected chi connectivity index (χ3v) is 8.18. The molecule has 1 fully saturated rings. The van der Waals surface area contributed by atoms with Crippen LogP contribution in [0.4, 0.5) is 24.5 Å². The second kappa shape index (κ2) is 14.5. The van der Waals surface area contributed by atoms with Crippen LogP contribution in [0.1, 0.15) is 27.5 Å². The van der Waals surface area contributed by atoms with Crippen LogP contribution in [0.15, 0.2) is 103 Å².